The van der Waals surface area contributed by atoms with E-state index in [2.05, 4.69) is 0 Å². The molecule has 0 spiro atoms. The maximum absolute atomic E-state index is 13.1. The Balaban J connectivity index is 2.66. The van der Waals surface area contributed by atoms with Gasteiger partial charge in [-0.3, -0.25) is 0 Å². The second kappa shape index (κ2) is 5.05. The van der Waals surface area contributed by atoms with Crippen molar-refractivity contribution in [3.63, 3.8) is 0 Å². The summed E-state index contributed by atoms with van der Waals surface area (Å²) in [6.45, 7) is 0. The van der Waals surface area contributed by atoms with Crippen LogP contribution in [-0.4, -0.2) is 25.7 Å². The normalized spacial score (nSPS) is 11.3. The van der Waals surface area contributed by atoms with Crippen LogP contribution in [0.25, 0.3) is 11.1 Å². The summed E-state index contributed by atoms with van der Waals surface area (Å²) in [6, 6.07) is 9.24. The molecule has 0 saturated carbocycles. The van der Waals surface area contributed by atoms with Crippen molar-refractivity contribution in [1.82, 2.24) is 0 Å². The van der Waals surface area contributed by atoms with Gasteiger partial charge in [0.25, 0.3) is 0 Å². The van der Waals surface area contributed by atoms with Crippen LogP contribution in [0.3, 0.4) is 0 Å². The maximum Gasteiger partial charge on any atom is 0.336 e. The van der Waals surface area contributed by atoms with Crippen molar-refractivity contribution >= 4 is 15.8 Å². The quantitative estimate of drug-likeness (QED) is 0.944. The zero-order valence-electron chi connectivity index (χ0n) is 10.5. The lowest BCUT2D eigenvalue weighted by atomic mass is 10.00. The van der Waals surface area contributed by atoms with E-state index in [1.54, 1.807) is 6.07 Å². The van der Waals surface area contributed by atoms with Gasteiger partial charge in [0.05, 0.1) is 10.5 Å². The zero-order valence-corrected chi connectivity index (χ0v) is 11.3. The molecule has 0 fully saturated rings. The van der Waals surface area contributed by atoms with Gasteiger partial charge in [-0.25, -0.2) is 17.6 Å². The monoisotopic (exact) mass is 294 g/mol. The smallest absolute Gasteiger partial charge is 0.336 e. The molecule has 2 rings (SSSR count). The van der Waals surface area contributed by atoms with Crippen LogP contribution < -0.4 is 0 Å². The van der Waals surface area contributed by atoms with Crippen LogP contribution in [0.15, 0.2) is 47.4 Å². The van der Waals surface area contributed by atoms with Gasteiger partial charge in [0.15, 0.2) is 9.84 Å². The van der Waals surface area contributed by atoms with E-state index in [0.717, 1.165) is 18.4 Å². The number of rotatable bonds is 3. The summed E-state index contributed by atoms with van der Waals surface area (Å²) in [5, 5.41) is 9.10. The summed E-state index contributed by atoms with van der Waals surface area (Å²) >= 11 is 0. The molecule has 0 bridgehead atoms. The van der Waals surface area contributed by atoms with Crippen LogP contribution in [0.5, 0.6) is 0 Å². The summed E-state index contributed by atoms with van der Waals surface area (Å²) < 4.78 is 36.2. The van der Waals surface area contributed by atoms with Crippen molar-refractivity contribution in [1.29, 1.82) is 0 Å². The largest absolute Gasteiger partial charge is 0.478 e. The van der Waals surface area contributed by atoms with Crippen LogP contribution in [0.4, 0.5) is 4.39 Å². The fraction of sp³-hybridized carbons (Fsp3) is 0.0714. The third-order valence-electron chi connectivity index (χ3n) is 2.79. The molecular formula is C14H11FO4S. The number of carbonyl (C=O) groups is 1. The lowest BCUT2D eigenvalue weighted by Crippen LogP contribution is -2.01. The van der Waals surface area contributed by atoms with E-state index in [0.29, 0.717) is 5.56 Å². The number of carboxylic acids is 1. The summed E-state index contributed by atoms with van der Waals surface area (Å²) in [6.07, 6.45) is 1.06. The molecule has 6 heteroatoms. The number of hydrogen-bond acceptors (Lipinski definition) is 3. The number of carboxylic acid groups (broad SMARTS) is 1. The Morgan fingerprint density at radius 1 is 1.15 bits per heavy atom. The van der Waals surface area contributed by atoms with E-state index in [-0.39, 0.29) is 16.0 Å². The summed E-state index contributed by atoms with van der Waals surface area (Å²) in [7, 11) is -3.40. The van der Waals surface area contributed by atoms with Crippen molar-refractivity contribution in [3.05, 3.63) is 53.8 Å². The van der Waals surface area contributed by atoms with E-state index in [4.69, 9.17) is 5.11 Å². The van der Waals surface area contributed by atoms with Crippen molar-refractivity contribution in [2.45, 2.75) is 4.90 Å². The minimum atomic E-state index is -3.40. The first kappa shape index (κ1) is 14.2. The van der Waals surface area contributed by atoms with Crippen molar-refractivity contribution in [3.8, 4) is 11.1 Å². The van der Waals surface area contributed by atoms with Crippen LogP contribution in [-0.2, 0) is 9.84 Å². The van der Waals surface area contributed by atoms with Crippen LogP contribution in [0.2, 0.25) is 0 Å². The van der Waals surface area contributed by atoms with E-state index in [9.17, 15) is 17.6 Å². The van der Waals surface area contributed by atoms with Gasteiger partial charge >= 0.3 is 5.97 Å². The molecule has 0 atom stereocenters. The average molecular weight is 294 g/mol. The highest BCUT2D eigenvalue weighted by molar-refractivity contribution is 7.90. The Morgan fingerprint density at radius 2 is 1.85 bits per heavy atom. The highest BCUT2D eigenvalue weighted by atomic mass is 32.2. The van der Waals surface area contributed by atoms with Crippen molar-refractivity contribution < 1.29 is 22.7 Å². The molecule has 0 heterocycles. The third-order valence-corrected chi connectivity index (χ3v) is 3.90. The van der Waals surface area contributed by atoms with Gasteiger partial charge in [0.1, 0.15) is 5.82 Å². The van der Waals surface area contributed by atoms with E-state index >= 15 is 0 Å². The molecule has 0 radical (unpaired) electrons. The molecule has 0 aliphatic carbocycles. The van der Waals surface area contributed by atoms with Gasteiger partial charge < -0.3 is 5.11 Å². The Labute approximate surface area is 115 Å². The first-order valence-electron chi connectivity index (χ1n) is 5.62. The number of halogens is 1. The van der Waals surface area contributed by atoms with Gasteiger partial charge in [-0.05, 0) is 35.4 Å². The molecular weight excluding hydrogens is 283 g/mol. The molecule has 0 aliphatic heterocycles. The predicted octanol–water partition coefficient (Wildman–Crippen LogP) is 2.59. The standard InChI is InChI=1S/C14H11FO4S/c1-20(18,19)11-4-2-3-9(7-11)12-6-5-10(15)8-13(12)14(16)17/h2-8H,1H3,(H,16,17). The number of hydrogen-bond donors (Lipinski definition) is 1. The first-order chi connectivity index (χ1) is 9.29. The minimum Gasteiger partial charge on any atom is -0.478 e. The fourth-order valence-corrected chi connectivity index (χ4v) is 2.51. The zero-order chi connectivity index (χ0) is 14.9. The number of benzene rings is 2. The van der Waals surface area contributed by atoms with Crippen LogP contribution in [0, 0.1) is 5.82 Å². The van der Waals surface area contributed by atoms with Gasteiger partial charge in [0, 0.05) is 6.26 Å². The molecule has 0 aliphatic rings. The Kier molecular flexibility index (Phi) is 3.59. The lowest BCUT2D eigenvalue weighted by Gasteiger charge is -2.08. The highest BCUT2D eigenvalue weighted by Crippen LogP contribution is 2.26. The van der Waals surface area contributed by atoms with Gasteiger partial charge in [0.2, 0.25) is 0 Å². The van der Waals surface area contributed by atoms with Crippen LogP contribution in [0.1, 0.15) is 10.4 Å². The molecule has 0 aromatic heterocycles. The molecule has 0 saturated heterocycles. The second-order valence-corrected chi connectivity index (χ2v) is 6.31. The molecule has 1 N–H and O–H groups in total. The third kappa shape index (κ3) is 2.85. The summed E-state index contributed by atoms with van der Waals surface area (Å²) in [5.41, 5.74) is 0.463. The maximum atomic E-state index is 13.1. The molecule has 104 valence electrons. The number of aromatic carboxylic acids is 1. The molecule has 20 heavy (non-hydrogen) atoms. The Morgan fingerprint density at radius 3 is 2.45 bits per heavy atom. The van der Waals surface area contributed by atoms with Gasteiger partial charge in [-0.2, -0.15) is 0 Å². The summed E-state index contributed by atoms with van der Waals surface area (Å²) in [5.74, 6) is -1.94. The van der Waals surface area contributed by atoms with E-state index < -0.39 is 21.6 Å². The van der Waals surface area contributed by atoms with Crippen molar-refractivity contribution in [2.24, 2.45) is 0 Å². The Hall–Kier alpha value is -2.21. The van der Waals surface area contributed by atoms with Gasteiger partial charge in [-0.1, -0.05) is 18.2 Å². The van der Waals surface area contributed by atoms with Gasteiger partial charge in [-0.15, -0.1) is 0 Å². The molecule has 2 aromatic carbocycles. The Bertz CT molecular complexity index is 782. The van der Waals surface area contributed by atoms with E-state index in [1.165, 1.54) is 24.3 Å². The second-order valence-electron chi connectivity index (χ2n) is 4.30. The molecule has 0 unspecified atom stereocenters. The first-order valence-corrected chi connectivity index (χ1v) is 7.51. The fourth-order valence-electron chi connectivity index (χ4n) is 1.84. The summed E-state index contributed by atoms with van der Waals surface area (Å²) in [4.78, 5) is 11.2. The molecule has 0 amide bonds. The lowest BCUT2D eigenvalue weighted by molar-refractivity contribution is 0.0697. The minimum absolute atomic E-state index is 0.0793. The SMILES string of the molecule is CS(=O)(=O)c1cccc(-c2ccc(F)cc2C(=O)O)c1. The van der Waals surface area contributed by atoms with E-state index in [1.807, 2.05) is 0 Å². The average Bonchev–Trinajstić information content (AvgIpc) is 2.37. The topological polar surface area (TPSA) is 71.4 Å². The number of sulfone groups is 1. The molecule has 2 aromatic rings. The predicted molar refractivity (Wildman–Crippen MR) is 71.9 cm³/mol. The molecule has 4 nitrogen and oxygen atoms in total. The van der Waals surface area contributed by atoms with Crippen molar-refractivity contribution in [2.75, 3.05) is 6.26 Å². The van der Waals surface area contributed by atoms with Crippen LogP contribution >= 0.6 is 0 Å². The highest BCUT2D eigenvalue weighted by Gasteiger charge is 2.15.